The molecule has 0 bridgehead atoms. The number of nitrogens with zero attached hydrogens (tertiary/aromatic N) is 1. The van der Waals surface area contributed by atoms with Crippen molar-refractivity contribution in [2.45, 2.75) is 13.0 Å². The van der Waals surface area contributed by atoms with Crippen molar-refractivity contribution in [2.24, 2.45) is 0 Å². The molecule has 0 spiro atoms. The Balaban J connectivity index is 1.67. The number of fused-ring (bicyclic) bond motifs is 1. The van der Waals surface area contributed by atoms with Crippen LogP contribution in [0.2, 0.25) is 0 Å². The van der Waals surface area contributed by atoms with Crippen LogP contribution >= 0.6 is 11.3 Å². The summed E-state index contributed by atoms with van der Waals surface area (Å²) in [6.45, 7) is 0.407. The molecule has 3 aromatic carbocycles. The highest BCUT2D eigenvalue weighted by Crippen LogP contribution is 2.33. The summed E-state index contributed by atoms with van der Waals surface area (Å²) >= 11 is 1.49. The molecule has 0 aliphatic carbocycles. The maximum Gasteiger partial charge on any atom is 0.307 e. The monoisotopic (exact) mass is 431 g/mol. The molecule has 0 aliphatic heterocycles. The molecule has 31 heavy (non-hydrogen) atoms. The molecule has 0 unspecified atom stereocenters. The van der Waals surface area contributed by atoms with Crippen molar-refractivity contribution >= 4 is 39.2 Å². The number of hydrogen-bond acceptors (Lipinski definition) is 5. The fourth-order valence-corrected chi connectivity index (χ4v) is 4.17. The van der Waals surface area contributed by atoms with Crippen LogP contribution in [0.15, 0.2) is 72.8 Å². The van der Waals surface area contributed by atoms with E-state index >= 15 is 0 Å². The van der Waals surface area contributed by atoms with E-state index in [0.717, 1.165) is 21.3 Å². The van der Waals surface area contributed by atoms with Crippen LogP contribution in [0.4, 0.5) is 0 Å². The van der Waals surface area contributed by atoms with Gasteiger partial charge in [-0.2, -0.15) is 0 Å². The number of aromatic nitrogens is 1. The Bertz CT molecular complexity index is 1200. The van der Waals surface area contributed by atoms with Crippen LogP contribution in [-0.2, 0) is 11.4 Å². The lowest BCUT2D eigenvalue weighted by molar-refractivity contribution is -0.135. The van der Waals surface area contributed by atoms with Crippen LogP contribution in [0, 0.1) is 0 Å². The Morgan fingerprint density at radius 3 is 2.55 bits per heavy atom. The summed E-state index contributed by atoms with van der Waals surface area (Å²) in [7, 11) is 1.59. The van der Waals surface area contributed by atoms with Gasteiger partial charge in [0, 0.05) is 0 Å². The second-order valence-electron chi connectivity index (χ2n) is 6.91. The lowest BCUT2D eigenvalue weighted by atomic mass is 10.1. The first-order chi connectivity index (χ1) is 15.1. The molecule has 0 atom stereocenters. The van der Waals surface area contributed by atoms with Crippen molar-refractivity contribution in [1.29, 1.82) is 0 Å². The van der Waals surface area contributed by atoms with Crippen molar-refractivity contribution in [3.05, 3.63) is 88.9 Å². The van der Waals surface area contributed by atoms with Crippen LogP contribution in [0.3, 0.4) is 0 Å². The standard InChI is InChI=1S/C25H21NO4S/c1-29-21-12-11-18(14-22(21)30-16-17-7-3-2-4-8-17)13-19(15-24(27)28)25-26-20-9-5-6-10-23(20)31-25/h2-14H,15-16H2,1H3,(H,27,28)/b19-13-. The number of rotatable bonds is 8. The number of aliphatic carboxylic acids is 1. The van der Waals surface area contributed by atoms with Gasteiger partial charge >= 0.3 is 5.97 Å². The number of carbonyl (C=O) groups is 1. The third-order valence-corrected chi connectivity index (χ3v) is 5.79. The van der Waals surface area contributed by atoms with Gasteiger partial charge in [-0.05, 0) is 47.0 Å². The summed E-state index contributed by atoms with van der Waals surface area (Å²) in [6.07, 6.45) is 1.73. The van der Waals surface area contributed by atoms with E-state index in [9.17, 15) is 9.90 Å². The molecule has 1 aromatic heterocycles. The van der Waals surface area contributed by atoms with Crippen LogP contribution in [0.5, 0.6) is 11.5 Å². The SMILES string of the molecule is COc1ccc(/C=C(/CC(=O)O)c2nc3ccccc3s2)cc1OCc1ccccc1. The molecule has 5 nitrogen and oxygen atoms in total. The lowest BCUT2D eigenvalue weighted by Crippen LogP contribution is -1.99. The number of methoxy groups -OCH3 is 1. The van der Waals surface area contributed by atoms with Gasteiger partial charge in [0.05, 0.1) is 23.7 Å². The Morgan fingerprint density at radius 2 is 1.81 bits per heavy atom. The number of ether oxygens (including phenoxy) is 2. The second kappa shape index (κ2) is 9.45. The summed E-state index contributed by atoms with van der Waals surface area (Å²) < 4.78 is 12.4. The summed E-state index contributed by atoms with van der Waals surface area (Å²) in [5, 5.41) is 10.1. The molecule has 0 aliphatic rings. The summed E-state index contributed by atoms with van der Waals surface area (Å²) in [5.74, 6) is 0.312. The Hall–Kier alpha value is -3.64. The molecule has 4 rings (SSSR count). The first-order valence-electron chi connectivity index (χ1n) is 9.75. The van der Waals surface area contributed by atoms with Gasteiger partial charge in [0.2, 0.25) is 0 Å². The van der Waals surface area contributed by atoms with E-state index in [1.165, 1.54) is 11.3 Å². The first kappa shape index (κ1) is 20.6. The molecule has 0 fully saturated rings. The van der Waals surface area contributed by atoms with E-state index < -0.39 is 5.97 Å². The van der Waals surface area contributed by atoms with Crippen molar-refractivity contribution in [2.75, 3.05) is 7.11 Å². The summed E-state index contributed by atoms with van der Waals surface area (Å²) in [6, 6.07) is 23.2. The Morgan fingerprint density at radius 1 is 1.03 bits per heavy atom. The molecule has 6 heteroatoms. The number of carboxylic acid groups (broad SMARTS) is 1. The molecule has 1 heterocycles. The van der Waals surface area contributed by atoms with Gasteiger partial charge in [-0.3, -0.25) is 4.79 Å². The highest BCUT2D eigenvalue weighted by Gasteiger charge is 2.14. The zero-order valence-electron chi connectivity index (χ0n) is 16.9. The normalized spacial score (nSPS) is 11.5. The fourth-order valence-electron chi connectivity index (χ4n) is 3.19. The third kappa shape index (κ3) is 5.10. The molecular formula is C25H21NO4S. The molecule has 0 saturated heterocycles. The minimum atomic E-state index is -0.903. The minimum Gasteiger partial charge on any atom is -0.493 e. The van der Waals surface area contributed by atoms with Crippen LogP contribution in [-0.4, -0.2) is 23.2 Å². The van der Waals surface area contributed by atoms with Gasteiger partial charge in [0.15, 0.2) is 11.5 Å². The first-order valence-corrected chi connectivity index (χ1v) is 10.6. The van der Waals surface area contributed by atoms with Crippen molar-refractivity contribution in [3.63, 3.8) is 0 Å². The summed E-state index contributed by atoms with van der Waals surface area (Å²) in [5.41, 5.74) is 3.37. The van der Waals surface area contributed by atoms with E-state index in [2.05, 4.69) is 4.98 Å². The number of benzene rings is 3. The maximum absolute atomic E-state index is 11.5. The zero-order valence-corrected chi connectivity index (χ0v) is 17.8. The van der Waals surface area contributed by atoms with E-state index in [1.807, 2.05) is 78.9 Å². The predicted octanol–water partition coefficient (Wildman–Crippen LogP) is 5.90. The summed E-state index contributed by atoms with van der Waals surface area (Å²) in [4.78, 5) is 16.1. The average Bonchev–Trinajstić information content (AvgIpc) is 3.22. The van der Waals surface area contributed by atoms with Gasteiger partial charge in [-0.25, -0.2) is 4.98 Å². The van der Waals surface area contributed by atoms with Gasteiger partial charge in [-0.15, -0.1) is 11.3 Å². The van der Waals surface area contributed by atoms with Crippen molar-refractivity contribution < 1.29 is 19.4 Å². The average molecular weight is 432 g/mol. The van der Waals surface area contributed by atoms with E-state index in [4.69, 9.17) is 9.47 Å². The zero-order chi connectivity index (χ0) is 21.6. The second-order valence-corrected chi connectivity index (χ2v) is 7.94. The van der Waals surface area contributed by atoms with E-state index in [0.29, 0.717) is 28.7 Å². The minimum absolute atomic E-state index is 0.119. The number of para-hydroxylation sites is 1. The smallest absolute Gasteiger partial charge is 0.307 e. The number of hydrogen-bond donors (Lipinski definition) is 1. The van der Waals surface area contributed by atoms with Crippen molar-refractivity contribution in [3.8, 4) is 11.5 Å². The van der Waals surface area contributed by atoms with E-state index in [-0.39, 0.29) is 6.42 Å². The van der Waals surface area contributed by atoms with Crippen LogP contribution < -0.4 is 9.47 Å². The molecular weight excluding hydrogens is 410 g/mol. The molecule has 0 radical (unpaired) electrons. The highest BCUT2D eigenvalue weighted by molar-refractivity contribution is 7.19. The molecule has 4 aromatic rings. The van der Waals surface area contributed by atoms with Gasteiger partial charge in [-0.1, -0.05) is 48.5 Å². The Labute approximate surface area is 184 Å². The van der Waals surface area contributed by atoms with Gasteiger partial charge < -0.3 is 14.6 Å². The largest absolute Gasteiger partial charge is 0.493 e. The molecule has 1 N–H and O–H groups in total. The predicted molar refractivity (Wildman–Crippen MR) is 124 cm³/mol. The van der Waals surface area contributed by atoms with Crippen LogP contribution in [0.1, 0.15) is 22.6 Å². The van der Waals surface area contributed by atoms with Crippen LogP contribution in [0.25, 0.3) is 21.9 Å². The quantitative estimate of drug-likeness (QED) is 0.376. The lowest BCUT2D eigenvalue weighted by Gasteiger charge is -2.12. The maximum atomic E-state index is 11.5. The van der Waals surface area contributed by atoms with Crippen molar-refractivity contribution in [1.82, 2.24) is 4.98 Å². The third-order valence-electron chi connectivity index (χ3n) is 4.68. The number of carboxylic acids is 1. The highest BCUT2D eigenvalue weighted by atomic mass is 32.1. The van der Waals surface area contributed by atoms with Gasteiger partial charge in [0.25, 0.3) is 0 Å². The molecule has 0 saturated carbocycles. The topological polar surface area (TPSA) is 68.7 Å². The van der Waals surface area contributed by atoms with Gasteiger partial charge in [0.1, 0.15) is 11.6 Å². The number of thiazole rings is 1. The Kier molecular flexibility index (Phi) is 6.29. The fraction of sp³-hybridized carbons (Fsp3) is 0.120. The molecule has 156 valence electrons. The molecule has 0 amide bonds. The van der Waals surface area contributed by atoms with E-state index in [1.54, 1.807) is 7.11 Å².